The summed E-state index contributed by atoms with van der Waals surface area (Å²) in [6.45, 7) is 8.14. The maximum Gasteiger partial charge on any atom is 0.420 e. The van der Waals surface area contributed by atoms with Crippen LogP contribution in [0.25, 0.3) is 10.8 Å². The third-order valence-electron chi connectivity index (χ3n) is 8.52. The van der Waals surface area contributed by atoms with Crippen molar-refractivity contribution in [1.29, 1.82) is 0 Å². The first-order chi connectivity index (χ1) is 15.9. The lowest BCUT2D eigenvalue weighted by molar-refractivity contribution is -0.159. The van der Waals surface area contributed by atoms with Gasteiger partial charge in [-0.25, -0.2) is 0 Å². The van der Waals surface area contributed by atoms with E-state index in [9.17, 15) is 23.1 Å². The summed E-state index contributed by atoms with van der Waals surface area (Å²) in [7, 11) is 0. The van der Waals surface area contributed by atoms with Gasteiger partial charge in [-0.15, -0.1) is 0 Å². The van der Waals surface area contributed by atoms with Crippen LogP contribution in [-0.2, 0) is 11.0 Å². The van der Waals surface area contributed by atoms with Crippen molar-refractivity contribution in [3.63, 3.8) is 0 Å². The maximum absolute atomic E-state index is 14.3. The van der Waals surface area contributed by atoms with Crippen molar-refractivity contribution in [2.75, 3.05) is 0 Å². The van der Waals surface area contributed by atoms with Crippen LogP contribution < -0.4 is 4.74 Å². The van der Waals surface area contributed by atoms with E-state index < -0.39 is 17.7 Å². The molecule has 0 saturated heterocycles. The summed E-state index contributed by atoms with van der Waals surface area (Å²) in [6, 6.07) is 8.51. The topological polar surface area (TPSA) is 46.5 Å². The fourth-order valence-electron chi connectivity index (χ4n) is 5.94. The number of hydrogen-bond donors (Lipinski definition) is 1. The van der Waals surface area contributed by atoms with Crippen molar-refractivity contribution in [2.24, 2.45) is 23.2 Å². The zero-order valence-corrected chi connectivity index (χ0v) is 20.4. The van der Waals surface area contributed by atoms with E-state index in [0.717, 1.165) is 37.7 Å². The summed E-state index contributed by atoms with van der Waals surface area (Å²) in [4.78, 5) is 11.4. The highest BCUT2D eigenvalue weighted by Gasteiger charge is 2.51. The number of carboxylic acids is 1. The molecule has 2 aliphatic rings. The van der Waals surface area contributed by atoms with Crippen molar-refractivity contribution in [2.45, 2.75) is 84.4 Å². The third kappa shape index (κ3) is 4.78. The molecular formula is C28H35F3O3. The molecule has 0 amide bonds. The maximum atomic E-state index is 14.3. The monoisotopic (exact) mass is 476 g/mol. The van der Waals surface area contributed by atoms with Crippen LogP contribution in [0.15, 0.2) is 30.3 Å². The van der Waals surface area contributed by atoms with E-state index in [-0.39, 0.29) is 40.4 Å². The van der Waals surface area contributed by atoms with Crippen molar-refractivity contribution >= 4 is 16.7 Å². The van der Waals surface area contributed by atoms with Crippen molar-refractivity contribution < 1.29 is 27.8 Å². The number of rotatable bonds is 6. The van der Waals surface area contributed by atoms with Gasteiger partial charge in [0.2, 0.25) is 0 Å². The highest BCUT2D eigenvalue weighted by atomic mass is 19.4. The van der Waals surface area contributed by atoms with Gasteiger partial charge in [0.1, 0.15) is 11.3 Å². The van der Waals surface area contributed by atoms with Gasteiger partial charge in [-0.2, -0.15) is 13.2 Å². The molecule has 0 spiro atoms. The van der Waals surface area contributed by atoms with Gasteiger partial charge in [0.05, 0.1) is 12.0 Å². The molecule has 0 radical (unpaired) electrons. The second-order valence-electron chi connectivity index (χ2n) is 11.2. The van der Waals surface area contributed by atoms with Crippen molar-refractivity contribution in [3.05, 3.63) is 41.5 Å². The molecule has 3 unspecified atom stereocenters. The molecule has 34 heavy (non-hydrogen) atoms. The van der Waals surface area contributed by atoms with Crippen LogP contribution in [0.5, 0.6) is 5.75 Å². The van der Waals surface area contributed by atoms with Crippen LogP contribution in [0.3, 0.4) is 0 Å². The molecule has 2 fully saturated rings. The van der Waals surface area contributed by atoms with Gasteiger partial charge < -0.3 is 9.84 Å². The standard InChI is InChI=1S/C28H35F3O3/c1-16-5-10-21(11-6-16)34-24-12-9-18-7-8-19(14-22(18)25(24)28(29,30)31)17(2)13-20-15-23(26(32)33)27(20,3)4/h7-9,12,14,16-17,20-21,23H,5-6,10-11,13,15H2,1-4H3,(H,32,33). The highest BCUT2D eigenvalue weighted by Crippen LogP contribution is 2.55. The molecule has 4 rings (SSSR count). The van der Waals surface area contributed by atoms with Gasteiger partial charge in [0.25, 0.3) is 0 Å². The lowest BCUT2D eigenvalue weighted by atomic mass is 9.53. The fourth-order valence-corrected chi connectivity index (χ4v) is 5.94. The van der Waals surface area contributed by atoms with E-state index >= 15 is 0 Å². The van der Waals surface area contributed by atoms with Gasteiger partial charge in [-0.1, -0.05) is 52.0 Å². The van der Waals surface area contributed by atoms with E-state index in [4.69, 9.17) is 4.74 Å². The van der Waals surface area contributed by atoms with E-state index in [0.29, 0.717) is 17.7 Å². The van der Waals surface area contributed by atoms with E-state index in [1.54, 1.807) is 18.2 Å². The number of hydrogen-bond acceptors (Lipinski definition) is 2. The molecule has 0 heterocycles. The number of benzene rings is 2. The molecule has 2 saturated carbocycles. The Labute approximate surface area is 199 Å². The molecule has 6 heteroatoms. The SMILES string of the molecule is CC1CCC(Oc2ccc3ccc(C(C)CC4CC(C(=O)O)C4(C)C)cc3c2C(F)(F)F)CC1. The van der Waals surface area contributed by atoms with Gasteiger partial charge >= 0.3 is 12.1 Å². The Bertz CT molecular complexity index is 1050. The first kappa shape index (κ1) is 24.9. The Hall–Kier alpha value is -2.24. The van der Waals surface area contributed by atoms with Crippen LogP contribution in [0.4, 0.5) is 13.2 Å². The minimum absolute atomic E-state index is 0.0221. The Morgan fingerprint density at radius 3 is 2.38 bits per heavy atom. The molecule has 186 valence electrons. The molecule has 3 nitrogen and oxygen atoms in total. The average molecular weight is 477 g/mol. The Kier molecular flexibility index (Phi) is 6.65. The minimum atomic E-state index is -4.52. The first-order valence-corrected chi connectivity index (χ1v) is 12.4. The number of carbonyl (C=O) groups is 1. The van der Waals surface area contributed by atoms with Gasteiger partial charge in [0, 0.05) is 0 Å². The Balaban J connectivity index is 1.62. The summed E-state index contributed by atoms with van der Waals surface area (Å²) in [5, 5.41) is 10.1. The van der Waals surface area contributed by atoms with Crippen LogP contribution in [0.1, 0.15) is 83.3 Å². The Morgan fingerprint density at radius 1 is 1.15 bits per heavy atom. The average Bonchev–Trinajstić information content (AvgIpc) is 2.76. The molecule has 2 aromatic carbocycles. The number of carboxylic acid groups (broad SMARTS) is 1. The van der Waals surface area contributed by atoms with E-state index in [1.165, 1.54) is 6.07 Å². The number of fused-ring (bicyclic) bond motifs is 1. The smallest absolute Gasteiger partial charge is 0.420 e. The fraction of sp³-hybridized carbons (Fsp3) is 0.607. The molecule has 0 bridgehead atoms. The number of alkyl halides is 3. The number of aliphatic carboxylic acids is 1. The largest absolute Gasteiger partial charge is 0.490 e. The predicted molar refractivity (Wildman–Crippen MR) is 127 cm³/mol. The van der Waals surface area contributed by atoms with E-state index in [1.807, 2.05) is 26.8 Å². The molecule has 0 aromatic heterocycles. The summed E-state index contributed by atoms with van der Waals surface area (Å²) in [5.74, 6) is -0.364. The zero-order chi connectivity index (χ0) is 24.8. The third-order valence-corrected chi connectivity index (χ3v) is 8.52. The van der Waals surface area contributed by atoms with E-state index in [2.05, 4.69) is 6.92 Å². The van der Waals surface area contributed by atoms with Gasteiger partial charge in [0.15, 0.2) is 0 Å². The molecule has 1 N–H and O–H groups in total. The Morgan fingerprint density at radius 2 is 1.79 bits per heavy atom. The van der Waals surface area contributed by atoms with Crippen LogP contribution >= 0.6 is 0 Å². The second-order valence-corrected chi connectivity index (χ2v) is 11.2. The zero-order valence-electron chi connectivity index (χ0n) is 20.4. The van der Waals surface area contributed by atoms with Crippen LogP contribution in [-0.4, -0.2) is 17.2 Å². The summed E-state index contributed by atoms with van der Waals surface area (Å²) in [6.07, 6.45) is 0.169. The summed E-state index contributed by atoms with van der Waals surface area (Å²) >= 11 is 0. The minimum Gasteiger partial charge on any atom is -0.490 e. The number of ether oxygens (including phenoxy) is 1. The predicted octanol–water partition coefficient (Wildman–Crippen LogP) is 8.06. The second kappa shape index (κ2) is 9.09. The first-order valence-electron chi connectivity index (χ1n) is 12.4. The van der Waals surface area contributed by atoms with Crippen LogP contribution in [0.2, 0.25) is 0 Å². The lowest BCUT2D eigenvalue weighted by Gasteiger charge is -2.51. The van der Waals surface area contributed by atoms with Crippen molar-refractivity contribution in [1.82, 2.24) is 0 Å². The van der Waals surface area contributed by atoms with Gasteiger partial charge in [-0.3, -0.25) is 4.79 Å². The molecule has 2 aliphatic carbocycles. The highest BCUT2D eigenvalue weighted by molar-refractivity contribution is 5.89. The van der Waals surface area contributed by atoms with Crippen molar-refractivity contribution in [3.8, 4) is 5.75 Å². The number of halogens is 3. The lowest BCUT2D eigenvalue weighted by Crippen LogP contribution is -2.49. The summed E-state index contributed by atoms with van der Waals surface area (Å²) < 4.78 is 48.8. The molecule has 2 aromatic rings. The van der Waals surface area contributed by atoms with Crippen LogP contribution in [0, 0.1) is 23.2 Å². The summed E-state index contributed by atoms with van der Waals surface area (Å²) in [5.41, 5.74) is -0.157. The molecule has 0 aliphatic heterocycles. The molecule has 3 atom stereocenters. The molecular weight excluding hydrogens is 441 g/mol. The normalized spacial score (nSPS) is 27.7. The van der Waals surface area contributed by atoms with Gasteiger partial charge in [-0.05, 0) is 84.1 Å². The quantitative estimate of drug-likeness (QED) is 0.459.